The van der Waals surface area contributed by atoms with E-state index in [9.17, 15) is 14.7 Å². The number of nitrogens with zero attached hydrogens (tertiary/aromatic N) is 1. The predicted molar refractivity (Wildman–Crippen MR) is 156 cm³/mol. The number of ether oxygens (including phenoxy) is 2. The van der Waals surface area contributed by atoms with Crippen molar-refractivity contribution in [3.05, 3.63) is 35.9 Å². The fraction of sp³-hybridized carbons (Fsp3) is 0.714. The minimum absolute atomic E-state index is 0. The van der Waals surface area contributed by atoms with Gasteiger partial charge in [-0.1, -0.05) is 89.1 Å². The minimum atomic E-state index is -0.835. The lowest BCUT2D eigenvalue weighted by Gasteiger charge is -2.18. The lowest BCUT2D eigenvalue weighted by Crippen LogP contribution is -2.36. The number of esters is 1. The Balaban J connectivity index is 0.0000122. The van der Waals surface area contributed by atoms with E-state index in [0.717, 1.165) is 19.5 Å². The highest BCUT2D eigenvalue weighted by molar-refractivity contribution is 14.0. The molecule has 0 aliphatic carbocycles. The average Bonchev–Trinajstić information content (AvgIpc) is 2.85. The van der Waals surface area contributed by atoms with Crippen LogP contribution in [0.15, 0.2) is 30.3 Å². The van der Waals surface area contributed by atoms with Crippen LogP contribution in [-0.4, -0.2) is 68.1 Å². The molecule has 7 nitrogen and oxygen atoms in total. The molecule has 0 aliphatic heterocycles. The molecule has 8 heteroatoms. The highest BCUT2D eigenvalue weighted by Crippen LogP contribution is 2.12. The van der Waals surface area contributed by atoms with Crippen LogP contribution in [0.4, 0.5) is 4.79 Å². The van der Waals surface area contributed by atoms with Gasteiger partial charge in [-0.3, -0.25) is 4.79 Å². The number of benzene rings is 1. The zero-order chi connectivity index (χ0) is 25.7. The van der Waals surface area contributed by atoms with E-state index in [1.165, 1.54) is 63.4 Å². The van der Waals surface area contributed by atoms with Gasteiger partial charge in [0.1, 0.15) is 6.61 Å². The largest absolute Gasteiger partial charge is 0.456 e. The zero-order valence-corrected chi connectivity index (χ0v) is 24.9. The van der Waals surface area contributed by atoms with Gasteiger partial charge in [-0.15, -0.1) is 24.0 Å². The lowest BCUT2D eigenvalue weighted by molar-refractivity contribution is -0.157. The second-order valence-corrected chi connectivity index (χ2v) is 9.64. The molecule has 2 N–H and O–H groups in total. The number of likely N-dealkylation sites (N-methyl/N-ethyl adjacent to an activating group) is 1. The Morgan fingerprint density at radius 2 is 1.50 bits per heavy atom. The van der Waals surface area contributed by atoms with Gasteiger partial charge < -0.3 is 24.8 Å². The first-order valence-electron chi connectivity index (χ1n) is 13.4. The average molecular weight is 621 g/mol. The van der Waals surface area contributed by atoms with Crippen LogP contribution in [-0.2, 0) is 20.7 Å². The van der Waals surface area contributed by atoms with Crippen molar-refractivity contribution in [2.24, 2.45) is 5.92 Å². The molecular weight excluding hydrogens is 571 g/mol. The van der Waals surface area contributed by atoms with E-state index in [4.69, 9.17) is 9.47 Å². The summed E-state index contributed by atoms with van der Waals surface area (Å²) in [5.41, 5.74) is 1.45. The van der Waals surface area contributed by atoms with E-state index in [2.05, 4.69) is 47.6 Å². The lowest BCUT2D eigenvalue weighted by atomic mass is 10.0. The van der Waals surface area contributed by atoms with Crippen molar-refractivity contribution in [2.45, 2.75) is 84.2 Å². The van der Waals surface area contributed by atoms with E-state index in [-0.39, 0.29) is 43.1 Å². The molecule has 0 saturated carbocycles. The standard InChI is InChI=1S/C28H48N2O5.HI/c1-24(2)27(32)35-26(22-31)23-34-28(33)29-19-21-30(3)20-15-10-8-6-4-5-7-9-12-16-25-17-13-11-14-18-25;/h11,13-14,17-18,24,26,31H,4-10,12,15-16,19-23H2,1-3H3,(H,29,33);1H. The highest BCUT2D eigenvalue weighted by atomic mass is 127. The van der Waals surface area contributed by atoms with Crippen LogP contribution in [0, 0.1) is 5.92 Å². The summed E-state index contributed by atoms with van der Waals surface area (Å²) in [6.07, 6.45) is 11.4. The minimum Gasteiger partial charge on any atom is -0.456 e. The van der Waals surface area contributed by atoms with Gasteiger partial charge in [0.05, 0.1) is 12.5 Å². The van der Waals surface area contributed by atoms with Crippen molar-refractivity contribution in [3.8, 4) is 0 Å². The summed E-state index contributed by atoms with van der Waals surface area (Å²) in [6, 6.07) is 10.7. The van der Waals surface area contributed by atoms with Crippen LogP contribution in [0.2, 0.25) is 0 Å². The molecule has 0 heterocycles. The van der Waals surface area contributed by atoms with E-state index < -0.39 is 18.2 Å². The number of rotatable bonds is 20. The first-order valence-corrected chi connectivity index (χ1v) is 13.4. The highest BCUT2D eigenvalue weighted by Gasteiger charge is 2.18. The smallest absolute Gasteiger partial charge is 0.407 e. The molecule has 1 atom stereocenters. The van der Waals surface area contributed by atoms with Crippen molar-refractivity contribution in [1.29, 1.82) is 0 Å². The fourth-order valence-electron chi connectivity index (χ4n) is 3.70. The molecule has 0 aliphatic rings. The number of amides is 1. The number of alkyl carbamates (subject to hydrolysis) is 1. The number of carbonyl (C=O) groups excluding carboxylic acids is 2. The maximum atomic E-state index is 11.8. The van der Waals surface area contributed by atoms with E-state index in [1.54, 1.807) is 13.8 Å². The van der Waals surface area contributed by atoms with Crippen LogP contribution in [0.25, 0.3) is 0 Å². The third kappa shape index (κ3) is 18.8. The SMILES string of the molecule is CC(C)C(=O)OC(CO)COC(=O)NCCN(C)CCCCCCCCCCCc1ccccc1.I. The maximum absolute atomic E-state index is 11.8. The fourth-order valence-corrected chi connectivity index (χ4v) is 3.70. The van der Waals surface area contributed by atoms with Gasteiger partial charge in [0.15, 0.2) is 6.10 Å². The Morgan fingerprint density at radius 3 is 2.08 bits per heavy atom. The van der Waals surface area contributed by atoms with Gasteiger partial charge in [0, 0.05) is 13.1 Å². The first kappa shape index (κ1) is 34.6. The zero-order valence-electron chi connectivity index (χ0n) is 22.6. The third-order valence-electron chi connectivity index (χ3n) is 5.97. The summed E-state index contributed by atoms with van der Waals surface area (Å²) < 4.78 is 10.1. The number of unbranched alkanes of at least 4 members (excludes halogenated alkanes) is 8. The van der Waals surface area contributed by atoms with Crippen LogP contribution in [0.5, 0.6) is 0 Å². The quantitative estimate of drug-likeness (QED) is 0.113. The molecule has 0 saturated heterocycles. The van der Waals surface area contributed by atoms with E-state index in [0.29, 0.717) is 6.54 Å². The normalized spacial score (nSPS) is 11.7. The summed E-state index contributed by atoms with van der Waals surface area (Å²) in [6.45, 7) is 5.09. The number of aryl methyl sites for hydroxylation is 1. The number of carbonyl (C=O) groups is 2. The van der Waals surface area contributed by atoms with E-state index in [1.807, 2.05) is 0 Å². The second-order valence-electron chi connectivity index (χ2n) is 9.64. The Hall–Kier alpha value is -1.39. The monoisotopic (exact) mass is 620 g/mol. The van der Waals surface area contributed by atoms with Crippen molar-refractivity contribution in [3.63, 3.8) is 0 Å². The Labute approximate surface area is 235 Å². The first-order chi connectivity index (χ1) is 16.9. The van der Waals surface area contributed by atoms with Gasteiger partial charge in [-0.25, -0.2) is 4.79 Å². The van der Waals surface area contributed by atoms with Crippen LogP contribution in [0.3, 0.4) is 0 Å². The molecular formula is C28H49IN2O5. The Kier molecular flexibility index (Phi) is 21.9. The molecule has 208 valence electrons. The molecule has 1 unspecified atom stereocenters. The summed E-state index contributed by atoms with van der Waals surface area (Å²) in [5.74, 6) is -0.724. The predicted octanol–water partition coefficient (Wildman–Crippen LogP) is 5.58. The number of hydrogen-bond acceptors (Lipinski definition) is 6. The molecule has 0 spiro atoms. The number of hydrogen-bond donors (Lipinski definition) is 2. The van der Waals surface area contributed by atoms with Crippen LogP contribution in [0.1, 0.15) is 77.2 Å². The van der Waals surface area contributed by atoms with Gasteiger partial charge in [0.25, 0.3) is 0 Å². The van der Waals surface area contributed by atoms with Gasteiger partial charge in [0.2, 0.25) is 0 Å². The molecule has 0 bridgehead atoms. The summed E-state index contributed by atoms with van der Waals surface area (Å²) >= 11 is 0. The van der Waals surface area contributed by atoms with Crippen molar-refractivity contribution in [2.75, 3.05) is 39.9 Å². The molecule has 0 radical (unpaired) electrons. The van der Waals surface area contributed by atoms with Crippen LogP contribution >= 0.6 is 24.0 Å². The maximum Gasteiger partial charge on any atom is 0.407 e. The molecule has 1 amide bonds. The molecule has 0 fully saturated rings. The number of aliphatic hydroxyl groups excluding tert-OH is 1. The van der Waals surface area contributed by atoms with Crippen molar-refractivity contribution in [1.82, 2.24) is 10.2 Å². The topological polar surface area (TPSA) is 88.1 Å². The van der Waals surface area contributed by atoms with Crippen molar-refractivity contribution < 1.29 is 24.2 Å². The van der Waals surface area contributed by atoms with Gasteiger partial charge in [-0.05, 0) is 38.4 Å². The number of halogens is 1. The molecule has 1 aromatic carbocycles. The van der Waals surface area contributed by atoms with Gasteiger partial charge in [-0.2, -0.15) is 0 Å². The molecule has 0 aromatic heterocycles. The van der Waals surface area contributed by atoms with Crippen molar-refractivity contribution >= 4 is 36.0 Å². The van der Waals surface area contributed by atoms with Gasteiger partial charge >= 0.3 is 12.1 Å². The summed E-state index contributed by atoms with van der Waals surface area (Å²) in [5, 5.41) is 11.9. The third-order valence-corrected chi connectivity index (χ3v) is 5.97. The second kappa shape index (κ2) is 22.8. The Bertz CT molecular complexity index is 675. The molecule has 1 rings (SSSR count). The Morgan fingerprint density at radius 1 is 0.917 bits per heavy atom. The molecule has 1 aromatic rings. The van der Waals surface area contributed by atoms with Crippen LogP contribution < -0.4 is 5.32 Å². The number of aliphatic hydroxyl groups is 1. The number of nitrogens with one attached hydrogen (secondary N) is 1. The summed E-state index contributed by atoms with van der Waals surface area (Å²) in [7, 11) is 2.05. The summed E-state index contributed by atoms with van der Waals surface area (Å²) in [4.78, 5) is 25.6. The molecule has 36 heavy (non-hydrogen) atoms. The van der Waals surface area contributed by atoms with E-state index >= 15 is 0 Å².